The van der Waals surface area contributed by atoms with Crippen LogP contribution in [-0.4, -0.2) is 31.0 Å². The lowest BCUT2D eigenvalue weighted by atomic mass is 9.83. The average Bonchev–Trinajstić information content (AvgIpc) is 2.40. The molecule has 0 N–H and O–H groups in total. The summed E-state index contributed by atoms with van der Waals surface area (Å²) in [6.07, 6.45) is 0. The Labute approximate surface area is 129 Å². The SMILES string of the molecule is CCN(CC)C(=O)C(C)(C)c1ccc(I)c(OC)c1. The predicted octanol–water partition coefficient (Wildman–Crippen LogP) is 3.45. The van der Waals surface area contributed by atoms with E-state index in [0.29, 0.717) is 0 Å². The number of nitrogens with zero attached hydrogens (tertiary/aromatic N) is 1. The number of rotatable bonds is 5. The number of carbonyl (C=O) groups is 1. The van der Waals surface area contributed by atoms with Crippen LogP contribution in [0.2, 0.25) is 0 Å². The third kappa shape index (κ3) is 3.41. The molecule has 0 spiro atoms. The van der Waals surface area contributed by atoms with Crippen LogP contribution in [0.1, 0.15) is 33.3 Å². The van der Waals surface area contributed by atoms with E-state index in [1.54, 1.807) is 7.11 Å². The highest BCUT2D eigenvalue weighted by molar-refractivity contribution is 14.1. The fourth-order valence-corrected chi connectivity index (χ4v) is 2.63. The number of benzene rings is 1. The Bertz CT molecular complexity index is 453. The van der Waals surface area contributed by atoms with E-state index in [1.807, 2.05) is 50.8 Å². The Balaban J connectivity index is 3.15. The highest BCUT2D eigenvalue weighted by Crippen LogP contribution is 2.31. The second-order valence-electron chi connectivity index (χ2n) is 4.95. The van der Waals surface area contributed by atoms with Gasteiger partial charge in [-0.1, -0.05) is 6.07 Å². The number of carbonyl (C=O) groups excluding carboxylic acids is 1. The Morgan fingerprint density at radius 2 is 1.89 bits per heavy atom. The molecule has 4 heteroatoms. The molecule has 1 aromatic carbocycles. The van der Waals surface area contributed by atoms with E-state index in [0.717, 1.165) is 28.0 Å². The summed E-state index contributed by atoms with van der Waals surface area (Å²) in [4.78, 5) is 14.5. The van der Waals surface area contributed by atoms with Crippen molar-refractivity contribution >= 4 is 28.5 Å². The van der Waals surface area contributed by atoms with Crippen molar-refractivity contribution in [1.29, 1.82) is 0 Å². The van der Waals surface area contributed by atoms with Crippen molar-refractivity contribution in [2.45, 2.75) is 33.1 Å². The summed E-state index contributed by atoms with van der Waals surface area (Å²) < 4.78 is 6.39. The van der Waals surface area contributed by atoms with Crippen LogP contribution in [-0.2, 0) is 10.2 Å². The minimum Gasteiger partial charge on any atom is -0.496 e. The molecule has 0 aliphatic heterocycles. The van der Waals surface area contributed by atoms with Crippen LogP contribution in [0.15, 0.2) is 18.2 Å². The van der Waals surface area contributed by atoms with Gasteiger partial charge in [0, 0.05) is 13.1 Å². The molecule has 1 rings (SSSR count). The zero-order valence-corrected chi connectivity index (χ0v) is 14.4. The van der Waals surface area contributed by atoms with Crippen LogP contribution in [0.3, 0.4) is 0 Å². The maximum absolute atomic E-state index is 12.6. The monoisotopic (exact) mass is 375 g/mol. The number of ether oxygens (including phenoxy) is 1. The Kier molecular flexibility index (Phi) is 5.64. The average molecular weight is 375 g/mol. The van der Waals surface area contributed by atoms with Crippen molar-refractivity contribution in [2.24, 2.45) is 0 Å². The molecule has 0 heterocycles. The summed E-state index contributed by atoms with van der Waals surface area (Å²) in [5, 5.41) is 0. The van der Waals surface area contributed by atoms with Gasteiger partial charge in [0.15, 0.2) is 0 Å². The summed E-state index contributed by atoms with van der Waals surface area (Å²) >= 11 is 2.23. The normalized spacial score (nSPS) is 11.3. The minimum absolute atomic E-state index is 0.153. The van der Waals surface area contributed by atoms with Gasteiger partial charge in [-0.3, -0.25) is 4.79 Å². The number of methoxy groups -OCH3 is 1. The summed E-state index contributed by atoms with van der Waals surface area (Å²) in [6.45, 7) is 9.42. The van der Waals surface area contributed by atoms with E-state index < -0.39 is 5.41 Å². The van der Waals surface area contributed by atoms with Crippen LogP contribution in [0.4, 0.5) is 0 Å². The molecule has 1 amide bonds. The lowest BCUT2D eigenvalue weighted by molar-refractivity contribution is -0.135. The quantitative estimate of drug-likeness (QED) is 0.738. The summed E-state index contributed by atoms with van der Waals surface area (Å²) in [5.74, 6) is 0.972. The van der Waals surface area contributed by atoms with Crippen LogP contribution >= 0.6 is 22.6 Å². The van der Waals surface area contributed by atoms with Gasteiger partial charge in [0.2, 0.25) is 5.91 Å². The predicted molar refractivity (Wildman–Crippen MR) is 86.7 cm³/mol. The number of hydrogen-bond donors (Lipinski definition) is 0. The molecule has 19 heavy (non-hydrogen) atoms. The van der Waals surface area contributed by atoms with Gasteiger partial charge in [0.25, 0.3) is 0 Å². The summed E-state index contributed by atoms with van der Waals surface area (Å²) in [7, 11) is 1.65. The Morgan fingerprint density at radius 3 is 2.37 bits per heavy atom. The van der Waals surface area contributed by atoms with Crippen molar-refractivity contribution in [1.82, 2.24) is 4.90 Å². The number of likely N-dealkylation sites (N-methyl/N-ethyl adjacent to an activating group) is 1. The van der Waals surface area contributed by atoms with Gasteiger partial charge in [-0.05, 0) is 68.0 Å². The summed E-state index contributed by atoms with van der Waals surface area (Å²) in [6, 6.07) is 5.96. The number of amides is 1. The van der Waals surface area contributed by atoms with Gasteiger partial charge in [-0.25, -0.2) is 0 Å². The number of halogens is 1. The molecule has 106 valence electrons. The highest BCUT2D eigenvalue weighted by Gasteiger charge is 2.33. The highest BCUT2D eigenvalue weighted by atomic mass is 127. The van der Waals surface area contributed by atoms with Crippen molar-refractivity contribution in [3.05, 3.63) is 27.3 Å². The molecular weight excluding hydrogens is 353 g/mol. The molecule has 0 atom stereocenters. The molecule has 3 nitrogen and oxygen atoms in total. The molecule has 0 saturated heterocycles. The van der Waals surface area contributed by atoms with E-state index in [2.05, 4.69) is 22.6 Å². The lowest BCUT2D eigenvalue weighted by Crippen LogP contribution is -2.43. The van der Waals surface area contributed by atoms with E-state index >= 15 is 0 Å². The maximum atomic E-state index is 12.6. The van der Waals surface area contributed by atoms with Gasteiger partial charge < -0.3 is 9.64 Å². The Morgan fingerprint density at radius 1 is 1.32 bits per heavy atom. The second-order valence-corrected chi connectivity index (χ2v) is 6.11. The van der Waals surface area contributed by atoms with Crippen molar-refractivity contribution < 1.29 is 9.53 Å². The second kappa shape index (κ2) is 6.59. The smallest absolute Gasteiger partial charge is 0.232 e. The largest absolute Gasteiger partial charge is 0.496 e. The molecule has 0 radical (unpaired) electrons. The molecule has 1 aromatic rings. The van der Waals surface area contributed by atoms with Crippen LogP contribution in [0, 0.1) is 3.57 Å². The van der Waals surface area contributed by atoms with Crippen molar-refractivity contribution in [3.8, 4) is 5.75 Å². The maximum Gasteiger partial charge on any atom is 0.232 e. The first-order valence-electron chi connectivity index (χ1n) is 6.51. The number of hydrogen-bond acceptors (Lipinski definition) is 2. The van der Waals surface area contributed by atoms with E-state index in [1.165, 1.54) is 0 Å². The molecule has 0 unspecified atom stereocenters. The van der Waals surface area contributed by atoms with Crippen molar-refractivity contribution in [2.75, 3.05) is 20.2 Å². The van der Waals surface area contributed by atoms with Gasteiger partial charge in [-0.15, -0.1) is 0 Å². The zero-order valence-electron chi connectivity index (χ0n) is 12.3. The van der Waals surface area contributed by atoms with Crippen molar-refractivity contribution in [3.63, 3.8) is 0 Å². The first-order valence-corrected chi connectivity index (χ1v) is 7.59. The fraction of sp³-hybridized carbons (Fsp3) is 0.533. The Hall–Kier alpha value is -0.780. The molecule has 0 aliphatic rings. The third-order valence-corrected chi connectivity index (χ3v) is 4.35. The van der Waals surface area contributed by atoms with Gasteiger partial charge in [0.1, 0.15) is 5.75 Å². The van der Waals surface area contributed by atoms with E-state index in [4.69, 9.17) is 4.74 Å². The molecular formula is C15H22INO2. The van der Waals surface area contributed by atoms with Crippen LogP contribution in [0.25, 0.3) is 0 Å². The van der Waals surface area contributed by atoms with Gasteiger partial charge >= 0.3 is 0 Å². The minimum atomic E-state index is -0.538. The van der Waals surface area contributed by atoms with Gasteiger partial charge in [0.05, 0.1) is 16.1 Å². The molecule has 0 bridgehead atoms. The van der Waals surface area contributed by atoms with Crippen LogP contribution in [0.5, 0.6) is 5.75 Å². The molecule has 0 aromatic heterocycles. The summed E-state index contributed by atoms with van der Waals surface area (Å²) in [5.41, 5.74) is 0.450. The molecule has 0 aliphatic carbocycles. The third-order valence-electron chi connectivity index (χ3n) is 3.46. The lowest BCUT2D eigenvalue weighted by Gasteiger charge is -2.31. The van der Waals surface area contributed by atoms with E-state index in [9.17, 15) is 4.79 Å². The molecule has 0 saturated carbocycles. The van der Waals surface area contributed by atoms with E-state index in [-0.39, 0.29) is 5.91 Å². The topological polar surface area (TPSA) is 29.5 Å². The van der Waals surface area contributed by atoms with Gasteiger partial charge in [-0.2, -0.15) is 0 Å². The first-order chi connectivity index (χ1) is 8.88. The standard InChI is InChI=1S/C15H22INO2/c1-6-17(7-2)14(18)15(3,4)11-8-9-12(16)13(10-11)19-5/h8-10H,6-7H2,1-5H3. The molecule has 0 fully saturated rings. The fourth-order valence-electron chi connectivity index (χ4n) is 2.08. The zero-order chi connectivity index (χ0) is 14.6. The first kappa shape index (κ1) is 16.3. The van der Waals surface area contributed by atoms with Crippen LogP contribution < -0.4 is 4.74 Å².